The van der Waals surface area contributed by atoms with E-state index in [1.165, 1.54) is 23.1 Å². The summed E-state index contributed by atoms with van der Waals surface area (Å²) in [4.78, 5) is 3.02. The van der Waals surface area contributed by atoms with Crippen LogP contribution in [0, 0.1) is 0 Å². The summed E-state index contributed by atoms with van der Waals surface area (Å²) in [6, 6.07) is 11.8. The maximum absolute atomic E-state index is 13.1. The first-order valence-electron chi connectivity index (χ1n) is 10.0. The highest BCUT2D eigenvalue weighted by atomic mass is 35.5. The Morgan fingerprint density at radius 3 is 2.55 bits per heavy atom. The molecule has 12 heteroatoms. The first-order valence-corrected chi connectivity index (χ1v) is 14.3. The van der Waals surface area contributed by atoms with Gasteiger partial charge in [0.05, 0.1) is 14.9 Å². The monoisotopic (exact) mass is 560 g/mol. The second kappa shape index (κ2) is 10.3. The van der Waals surface area contributed by atoms with Crippen molar-refractivity contribution in [2.45, 2.75) is 25.8 Å². The number of nitrogens with one attached hydrogen (secondary N) is 1. The third-order valence-corrected chi connectivity index (χ3v) is 10.1. The topological polar surface area (TPSA) is 58.6 Å². The number of ether oxygens (including phenoxy) is 1. The van der Waals surface area contributed by atoms with E-state index in [1.54, 1.807) is 42.5 Å². The summed E-state index contributed by atoms with van der Waals surface area (Å²) in [5, 5.41) is 1.50. The average Bonchev–Trinajstić information content (AvgIpc) is 3.29. The number of rotatable bonds is 7. The molecule has 0 saturated carbocycles. The van der Waals surface area contributed by atoms with E-state index in [1.807, 2.05) is 14.9 Å². The van der Waals surface area contributed by atoms with Crippen molar-refractivity contribution >= 4 is 86.9 Å². The Kier molecular flexibility index (Phi) is 7.80. The van der Waals surface area contributed by atoms with Gasteiger partial charge in [0.15, 0.2) is 0 Å². The number of hydrogen-bond acceptors (Lipinski definition) is 6. The molecule has 0 bridgehead atoms. The number of likely N-dealkylation sites (tertiary alicyclic amines) is 1. The normalized spacial score (nSPS) is 16.8. The highest BCUT2D eigenvalue weighted by Gasteiger charge is 2.23. The van der Waals surface area contributed by atoms with Gasteiger partial charge in [-0.15, -0.1) is 11.3 Å². The standard InChI is InChI=1S/C21H20BCl3N2O3S3/c1-27-5-4-15(11-27)30-19-9-14(2-3-18(19)25)26-33(28,29)20-10-17(22)21(32-20)31-16-7-12(23)6-13(24)8-16/h2-3,6-10,15,26H,4-5,11,22H2,1H3/t15-/m1/s1. The Morgan fingerprint density at radius 1 is 1.15 bits per heavy atom. The summed E-state index contributed by atoms with van der Waals surface area (Å²) in [7, 11) is 0.113. The third kappa shape index (κ3) is 6.34. The zero-order valence-electron chi connectivity index (χ0n) is 17.8. The SMILES string of the molecule is Bc1cc(S(=O)(=O)Nc2ccc(Cl)c(O[C@@H]3CCN(C)C3)c2)sc1Sc1cc(Cl)cc(Cl)c1. The largest absolute Gasteiger partial charge is 0.487 e. The summed E-state index contributed by atoms with van der Waals surface area (Å²) < 4.78 is 35.9. The van der Waals surface area contributed by atoms with Gasteiger partial charge in [-0.05, 0) is 49.9 Å². The quantitative estimate of drug-likeness (QED) is 0.412. The lowest BCUT2D eigenvalue weighted by Gasteiger charge is -2.16. The predicted molar refractivity (Wildman–Crippen MR) is 142 cm³/mol. The molecule has 3 aromatic rings. The second-order valence-electron chi connectivity index (χ2n) is 7.78. The minimum Gasteiger partial charge on any atom is -0.487 e. The molecule has 1 N–H and O–H groups in total. The fourth-order valence-corrected chi connectivity index (χ4v) is 8.23. The van der Waals surface area contributed by atoms with Crippen molar-refractivity contribution in [1.82, 2.24) is 4.90 Å². The summed E-state index contributed by atoms with van der Waals surface area (Å²) in [6.07, 6.45) is 0.925. The van der Waals surface area contributed by atoms with Crippen molar-refractivity contribution in [3.63, 3.8) is 0 Å². The number of sulfonamides is 1. The van der Waals surface area contributed by atoms with E-state index >= 15 is 0 Å². The van der Waals surface area contributed by atoms with E-state index < -0.39 is 10.0 Å². The molecule has 174 valence electrons. The van der Waals surface area contributed by atoms with Crippen molar-refractivity contribution in [1.29, 1.82) is 0 Å². The number of hydrogen-bond donors (Lipinski definition) is 1. The molecule has 1 saturated heterocycles. The minimum atomic E-state index is -3.79. The fraction of sp³-hybridized carbons (Fsp3) is 0.238. The van der Waals surface area contributed by atoms with Gasteiger partial charge in [0.25, 0.3) is 10.0 Å². The van der Waals surface area contributed by atoms with Gasteiger partial charge in [-0.2, -0.15) is 0 Å². The lowest BCUT2D eigenvalue weighted by Crippen LogP contribution is -2.21. The molecule has 1 aliphatic heterocycles. The number of nitrogens with zero attached hydrogens (tertiary/aromatic N) is 1. The molecule has 0 amide bonds. The number of thiophene rings is 1. The van der Waals surface area contributed by atoms with Crippen LogP contribution in [0.3, 0.4) is 0 Å². The van der Waals surface area contributed by atoms with Gasteiger partial charge in [0.1, 0.15) is 23.9 Å². The van der Waals surface area contributed by atoms with Crippen LogP contribution in [0.1, 0.15) is 6.42 Å². The number of halogens is 3. The maximum Gasteiger partial charge on any atom is 0.271 e. The molecule has 0 radical (unpaired) electrons. The highest BCUT2D eigenvalue weighted by molar-refractivity contribution is 8.02. The molecule has 0 aliphatic carbocycles. The van der Waals surface area contributed by atoms with Crippen LogP contribution in [0.2, 0.25) is 15.1 Å². The van der Waals surface area contributed by atoms with Crippen LogP contribution in [-0.4, -0.2) is 47.4 Å². The van der Waals surface area contributed by atoms with E-state index in [-0.39, 0.29) is 10.3 Å². The minimum absolute atomic E-state index is 0.0267. The van der Waals surface area contributed by atoms with Crippen LogP contribution in [-0.2, 0) is 10.0 Å². The highest BCUT2D eigenvalue weighted by Crippen LogP contribution is 2.37. The Hall–Kier alpha value is -1.07. The van der Waals surface area contributed by atoms with E-state index in [2.05, 4.69) is 9.62 Å². The number of benzene rings is 2. The molecule has 0 unspecified atom stereocenters. The fourth-order valence-electron chi connectivity index (χ4n) is 3.40. The number of anilines is 1. The molecule has 4 rings (SSSR count). The zero-order chi connectivity index (χ0) is 23.8. The molecule has 1 aromatic heterocycles. The van der Waals surface area contributed by atoms with Crippen LogP contribution in [0.25, 0.3) is 0 Å². The Balaban J connectivity index is 1.52. The van der Waals surface area contributed by atoms with Gasteiger partial charge < -0.3 is 9.64 Å². The summed E-state index contributed by atoms with van der Waals surface area (Å²) in [5.74, 6) is 0.466. The third-order valence-electron chi connectivity index (χ3n) is 4.99. The molecule has 1 aliphatic rings. The van der Waals surface area contributed by atoms with Crippen molar-refractivity contribution in [2.75, 3.05) is 24.9 Å². The summed E-state index contributed by atoms with van der Waals surface area (Å²) in [6.45, 7) is 1.76. The van der Waals surface area contributed by atoms with Crippen LogP contribution >= 0.6 is 57.9 Å². The van der Waals surface area contributed by atoms with Gasteiger partial charge in [0, 0.05) is 34.1 Å². The molecule has 1 atom stereocenters. The number of likely N-dealkylation sites (N-methyl/N-ethyl adjacent to an activating group) is 1. The van der Waals surface area contributed by atoms with Crippen LogP contribution in [0.5, 0.6) is 5.75 Å². The molecule has 5 nitrogen and oxygen atoms in total. The first-order chi connectivity index (χ1) is 15.6. The van der Waals surface area contributed by atoms with Crippen molar-refractivity contribution < 1.29 is 13.2 Å². The summed E-state index contributed by atoms with van der Waals surface area (Å²) in [5.41, 5.74) is 1.24. The van der Waals surface area contributed by atoms with E-state index in [0.717, 1.165) is 34.1 Å². The van der Waals surface area contributed by atoms with Gasteiger partial charge >= 0.3 is 0 Å². The molecule has 33 heavy (non-hydrogen) atoms. The molecule has 0 spiro atoms. The van der Waals surface area contributed by atoms with E-state index in [9.17, 15) is 8.42 Å². The Morgan fingerprint density at radius 2 is 1.88 bits per heavy atom. The smallest absolute Gasteiger partial charge is 0.271 e. The van der Waals surface area contributed by atoms with Gasteiger partial charge in [-0.1, -0.05) is 52.0 Å². The van der Waals surface area contributed by atoms with Gasteiger partial charge in [0.2, 0.25) is 0 Å². The lowest BCUT2D eigenvalue weighted by atomic mass is 10.0. The Labute approximate surface area is 217 Å². The van der Waals surface area contributed by atoms with Crippen LogP contribution in [0.4, 0.5) is 5.69 Å². The van der Waals surface area contributed by atoms with Crippen molar-refractivity contribution in [2.24, 2.45) is 0 Å². The van der Waals surface area contributed by atoms with Crippen LogP contribution in [0.15, 0.2) is 55.8 Å². The summed E-state index contributed by atoms with van der Waals surface area (Å²) >= 11 is 21.1. The average molecular weight is 562 g/mol. The second-order valence-corrected chi connectivity index (χ2v) is 13.4. The Bertz CT molecular complexity index is 1270. The molecule has 2 aromatic carbocycles. The molecule has 2 heterocycles. The molecular formula is C21H20BCl3N2O3S3. The van der Waals surface area contributed by atoms with Gasteiger partial charge in [-0.3, -0.25) is 4.72 Å². The van der Waals surface area contributed by atoms with Gasteiger partial charge in [-0.25, -0.2) is 8.42 Å². The zero-order valence-corrected chi connectivity index (χ0v) is 22.5. The lowest BCUT2D eigenvalue weighted by molar-refractivity contribution is 0.208. The van der Waals surface area contributed by atoms with Crippen molar-refractivity contribution in [3.8, 4) is 5.75 Å². The molecular weight excluding hydrogens is 542 g/mol. The van der Waals surface area contributed by atoms with Crippen molar-refractivity contribution in [3.05, 3.63) is 57.5 Å². The van der Waals surface area contributed by atoms with Crippen LogP contribution < -0.4 is 14.9 Å². The predicted octanol–water partition coefficient (Wildman–Crippen LogP) is 5.00. The molecule has 1 fully saturated rings. The van der Waals surface area contributed by atoms with E-state index in [0.29, 0.717) is 26.5 Å². The van der Waals surface area contributed by atoms with E-state index in [4.69, 9.17) is 39.5 Å². The first kappa shape index (κ1) is 25.0. The maximum atomic E-state index is 13.1.